The lowest BCUT2D eigenvalue weighted by molar-refractivity contribution is -0.384. The standard InChI is InChI=1S/C23H21N5O3/c29-23-21(19-9-5-2-6-14-24-19)22-25-20(16-10-12-18(13-11-16)28(30)31)15-26(22)27(23)17-7-3-1-4-8-17/h1,3-4,7-8,10-13,15,24H,2,5-6,9,14H2. The number of aromatic nitrogens is 3. The Bertz CT molecular complexity index is 1360. The van der Waals surface area contributed by atoms with Crippen molar-refractivity contribution in [1.29, 1.82) is 0 Å². The highest BCUT2D eigenvalue weighted by molar-refractivity contribution is 5.66. The van der Waals surface area contributed by atoms with Crippen molar-refractivity contribution in [3.8, 4) is 16.9 Å². The molecule has 4 aromatic rings. The molecule has 1 N–H and O–H groups in total. The van der Waals surface area contributed by atoms with Crippen LogP contribution in [0.1, 0.15) is 25.7 Å². The number of non-ortho nitro benzene ring substituents is 1. The van der Waals surface area contributed by atoms with Crippen LogP contribution in [0.3, 0.4) is 0 Å². The van der Waals surface area contributed by atoms with Gasteiger partial charge in [0.15, 0.2) is 5.65 Å². The molecule has 1 aliphatic heterocycles. The first-order valence-electron chi connectivity index (χ1n) is 10.3. The summed E-state index contributed by atoms with van der Waals surface area (Å²) in [5.41, 5.74) is 3.62. The Morgan fingerprint density at radius 2 is 1.77 bits per heavy atom. The molecule has 2 aromatic carbocycles. The smallest absolute Gasteiger partial charge is 0.283 e. The van der Waals surface area contributed by atoms with Gasteiger partial charge in [-0.25, -0.2) is 14.2 Å². The molecule has 1 fully saturated rings. The topological polar surface area (TPSA) is 94.5 Å². The Morgan fingerprint density at radius 3 is 2.52 bits per heavy atom. The van der Waals surface area contributed by atoms with E-state index in [1.807, 2.05) is 36.5 Å². The average molecular weight is 415 g/mol. The van der Waals surface area contributed by atoms with Crippen molar-refractivity contribution in [2.45, 2.75) is 25.7 Å². The second kappa shape index (κ2) is 7.71. The zero-order chi connectivity index (χ0) is 21.4. The van der Waals surface area contributed by atoms with Crippen LogP contribution in [0.25, 0.3) is 28.3 Å². The van der Waals surface area contributed by atoms with Gasteiger partial charge < -0.3 is 5.32 Å². The van der Waals surface area contributed by atoms with Crippen molar-refractivity contribution in [3.05, 3.63) is 86.5 Å². The molecule has 0 unspecified atom stereocenters. The Morgan fingerprint density at radius 1 is 1.00 bits per heavy atom. The minimum absolute atomic E-state index is 0.0297. The first-order chi connectivity index (χ1) is 15.1. The summed E-state index contributed by atoms with van der Waals surface area (Å²) in [5, 5.41) is 15.0. The van der Waals surface area contributed by atoms with Crippen LogP contribution in [0.2, 0.25) is 0 Å². The van der Waals surface area contributed by atoms with Crippen molar-refractivity contribution in [3.63, 3.8) is 0 Å². The van der Waals surface area contributed by atoms with Crippen LogP contribution < -0.4 is 16.1 Å². The summed E-state index contributed by atoms with van der Waals surface area (Å²) in [6.07, 6.45) is 5.86. The van der Waals surface area contributed by atoms with Crippen molar-refractivity contribution >= 4 is 17.0 Å². The summed E-state index contributed by atoms with van der Waals surface area (Å²) in [4.78, 5) is 28.8. The first-order valence-corrected chi connectivity index (χ1v) is 10.3. The second-order valence-electron chi connectivity index (χ2n) is 7.64. The lowest BCUT2D eigenvalue weighted by Gasteiger charge is -2.04. The van der Waals surface area contributed by atoms with Crippen LogP contribution in [0.5, 0.6) is 0 Å². The summed E-state index contributed by atoms with van der Waals surface area (Å²) in [6, 6.07) is 15.8. The molecule has 1 aliphatic rings. The lowest BCUT2D eigenvalue weighted by atomic mass is 10.1. The molecule has 3 heterocycles. The van der Waals surface area contributed by atoms with Gasteiger partial charge in [0.2, 0.25) is 0 Å². The van der Waals surface area contributed by atoms with Crippen LogP contribution in [-0.4, -0.2) is 25.6 Å². The summed E-state index contributed by atoms with van der Waals surface area (Å²) in [6.45, 7) is 0.841. The zero-order valence-corrected chi connectivity index (χ0v) is 16.8. The van der Waals surface area contributed by atoms with Crippen molar-refractivity contribution < 1.29 is 4.92 Å². The Balaban J connectivity index is 1.77. The van der Waals surface area contributed by atoms with Gasteiger partial charge >= 0.3 is 0 Å². The van der Waals surface area contributed by atoms with E-state index in [1.54, 1.807) is 21.3 Å². The predicted octanol–water partition coefficient (Wildman–Crippen LogP) is 3.05. The number of rotatable bonds is 3. The molecule has 1 saturated heterocycles. The molecule has 0 bridgehead atoms. The van der Waals surface area contributed by atoms with Gasteiger partial charge in [0.25, 0.3) is 11.2 Å². The van der Waals surface area contributed by atoms with Crippen LogP contribution in [0.4, 0.5) is 5.69 Å². The summed E-state index contributed by atoms with van der Waals surface area (Å²) in [5.74, 6) is 0. The van der Waals surface area contributed by atoms with Crippen LogP contribution in [0, 0.1) is 10.1 Å². The molecular formula is C23H21N5O3. The molecule has 0 saturated carbocycles. The number of benzene rings is 2. The fourth-order valence-corrected chi connectivity index (χ4v) is 4.11. The molecule has 0 radical (unpaired) electrons. The number of nitro benzene ring substituents is 1. The molecule has 31 heavy (non-hydrogen) atoms. The van der Waals surface area contributed by atoms with Gasteiger partial charge in [0, 0.05) is 29.9 Å². The van der Waals surface area contributed by atoms with Gasteiger partial charge in [-0.2, -0.15) is 0 Å². The number of imidazole rings is 1. The van der Waals surface area contributed by atoms with E-state index < -0.39 is 4.92 Å². The largest absolute Gasteiger partial charge is 0.388 e. The SMILES string of the molecule is O=c1c(=C2CCCCCN2)c2nc(-c3ccc([N+](=O)[O-])cc3)cn2n1-c1ccccc1. The van der Waals surface area contributed by atoms with Gasteiger partial charge in [-0.1, -0.05) is 24.6 Å². The predicted molar refractivity (Wildman–Crippen MR) is 118 cm³/mol. The number of para-hydroxylation sites is 1. The fraction of sp³-hybridized carbons (Fsp3) is 0.217. The maximum Gasteiger partial charge on any atom is 0.283 e. The maximum atomic E-state index is 13.5. The van der Waals surface area contributed by atoms with E-state index in [4.69, 9.17) is 4.98 Å². The van der Waals surface area contributed by atoms with Gasteiger partial charge in [-0.05, 0) is 43.5 Å². The lowest BCUT2D eigenvalue weighted by Crippen LogP contribution is -2.33. The third-order valence-corrected chi connectivity index (χ3v) is 5.65. The summed E-state index contributed by atoms with van der Waals surface area (Å²) in [7, 11) is 0. The Kier molecular flexibility index (Phi) is 4.74. The van der Waals surface area contributed by atoms with E-state index >= 15 is 0 Å². The molecule has 156 valence electrons. The quantitative estimate of drug-likeness (QED) is 0.410. The third kappa shape index (κ3) is 3.35. The number of hydrogen-bond acceptors (Lipinski definition) is 5. The van der Waals surface area contributed by atoms with Gasteiger partial charge in [0.05, 0.1) is 22.5 Å². The minimum atomic E-state index is -0.424. The molecule has 0 aliphatic carbocycles. The molecule has 8 nitrogen and oxygen atoms in total. The van der Waals surface area contributed by atoms with E-state index in [0.717, 1.165) is 49.2 Å². The zero-order valence-electron chi connectivity index (χ0n) is 16.8. The van der Waals surface area contributed by atoms with Gasteiger partial charge in [-0.15, -0.1) is 0 Å². The second-order valence-corrected chi connectivity index (χ2v) is 7.64. The number of nitrogens with one attached hydrogen (secondary N) is 1. The number of hydrogen-bond donors (Lipinski definition) is 1. The summed E-state index contributed by atoms with van der Waals surface area (Å²) < 4.78 is 3.41. The van der Waals surface area contributed by atoms with E-state index in [9.17, 15) is 14.9 Å². The van der Waals surface area contributed by atoms with Crippen molar-refractivity contribution in [2.75, 3.05) is 6.54 Å². The molecule has 8 heteroatoms. The van der Waals surface area contributed by atoms with Crippen LogP contribution in [-0.2, 0) is 0 Å². The van der Waals surface area contributed by atoms with Crippen LogP contribution in [0.15, 0.2) is 65.6 Å². The Labute approximate surface area is 177 Å². The molecule has 0 amide bonds. The highest BCUT2D eigenvalue weighted by Gasteiger charge is 2.19. The average Bonchev–Trinajstić information content (AvgIpc) is 3.18. The van der Waals surface area contributed by atoms with Crippen molar-refractivity contribution in [1.82, 2.24) is 19.5 Å². The normalized spacial score (nSPS) is 16.1. The van der Waals surface area contributed by atoms with Crippen LogP contribution >= 0.6 is 0 Å². The molecule has 0 spiro atoms. The minimum Gasteiger partial charge on any atom is -0.388 e. The first kappa shape index (κ1) is 19.0. The van der Waals surface area contributed by atoms with E-state index in [-0.39, 0.29) is 11.2 Å². The summed E-state index contributed by atoms with van der Waals surface area (Å²) >= 11 is 0. The number of fused-ring (bicyclic) bond motifs is 1. The maximum absolute atomic E-state index is 13.5. The number of nitro groups is 1. The molecule has 2 aromatic heterocycles. The van der Waals surface area contributed by atoms with E-state index in [1.165, 1.54) is 12.1 Å². The fourth-order valence-electron chi connectivity index (χ4n) is 4.11. The highest BCUT2D eigenvalue weighted by atomic mass is 16.6. The third-order valence-electron chi connectivity index (χ3n) is 5.65. The van der Waals surface area contributed by atoms with Crippen molar-refractivity contribution in [2.24, 2.45) is 0 Å². The van der Waals surface area contributed by atoms with E-state index in [0.29, 0.717) is 16.6 Å². The Hall–Kier alpha value is -3.94. The van der Waals surface area contributed by atoms with Gasteiger partial charge in [0.1, 0.15) is 5.22 Å². The molecular weight excluding hydrogens is 394 g/mol. The molecule has 0 atom stereocenters. The van der Waals surface area contributed by atoms with Gasteiger partial charge in [-0.3, -0.25) is 14.9 Å². The highest BCUT2D eigenvalue weighted by Crippen LogP contribution is 2.22. The monoisotopic (exact) mass is 415 g/mol. The van der Waals surface area contributed by atoms with E-state index in [2.05, 4.69) is 5.32 Å². The number of nitrogens with zero attached hydrogens (tertiary/aromatic N) is 4. The molecule has 5 rings (SSSR count).